The number of rotatable bonds is 5. The van der Waals surface area contributed by atoms with Gasteiger partial charge in [0.2, 0.25) is 0 Å². The molecule has 2 aromatic carbocycles. The van der Waals surface area contributed by atoms with Gasteiger partial charge in [0.1, 0.15) is 11.5 Å². The molecule has 1 aliphatic rings. The van der Waals surface area contributed by atoms with E-state index in [-0.39, 0.29) is 0 Å². The first-order valence-corrected chi connectivity index (χ1v) is 10.4. The number of para-hydroxylation sites is 1. The lowest BCUT2D eigenvalue weighted by Gasteiger charge is -2.21. The minimum absolute atomic E-state index is 0.360. The Morgan fingerprint density at radius 3 is 2.75 bits per heavy atom. The second kappa shape index (κ2) is 8.02. The van der Waals surface area contributed by atoms with Crippen LogP contribution in [0.1, 0.15) is 30.4 Å². The fourth-order valence-corrected chi connectivity index (χ4v) is 3.83. The van der Waals surface area contributed by atoms with Crippen LogP contribution in [0.2, 0.25) is 0 Å². The van der Waals surface area contributed by atoms with Gasteiger partial charge in [-0.1, -0.05) is 29.8 Å². The van der Waals surface area contributed by atoms with E-state index in [0.29, 0.717) is 12.0 Å². The third-order valence-electron chi connectivity index (χ3n) is 4.85. The van der Waals surface area contributed by atoms with Gasteiger partial charge in [0, 0.05) is 10.9 Å². The zero-order valence-corrected chi connectivity index (χ0v) is 16.9. The van der Waals surface area contributed by atoms with Crippen molar-refractivity contribution in [2.45, 2.75) is 39.2 Å². The molecule has 0 bridgehead atoms. The van der Waals surface area contributed by atoms with E-state index in [1.807, 2.05) is 35.7 Å². The molecule has 0 spiro atoms. The van der Waals surface area contributed by atoms with E-state index in [9.17, 15) is 0 Å². The molecule has 0 saturated heterocycles. The number of ether oxygens (including phenoxy) is 1. The summed E-state index contributed by atoms with van der Waals surface area (Å²) in [5, 5.41) is 5.85. The Labute approximate surface area is 169 Å². The van der Waals surface area contributed by atoms with Gasteiger partial charge in [-0.05, 0) is 56.9 Å². The molecule has 3 N–H and O–H groups in total. The van der Waals surface area contributed by atoms with Gasteiger partial charge in [-0.25, -0.2) is 9.98 Å². The molecule has 5 nitrogen and oxygen atoms in total. The van der Waals surface area contributed by atoms with Gasteiger partial charge in [-0.3, -0.25) is 0 Å². The largest absolute Gasteiger partial charge is 0.456 e. The molecular weight excluding hydrogens is 368 g/mol. The molecule has 144 valence electrons. The Morgan fingerprint density at radius 1 is 1.18 bits per heavy atom. The highest BCUT2D eigenvalue weighted by atomic mass is 32.1. The summed E-state index contributed by atoms with van der Waals surface area (Å²) in [4.78, 5) is 9.15. The third-order valence-corrected chi connectivity index (χ3v) is 5.61. The fourth-order valence-electron chi connectivity index (χ4n) is 3.11. The predicted molar refractivity (Wildman–Crippen MR) is 116 cm³/mol. The summed E-state index contributed by atoms with van der Waals surface area (Å²) in [5.41, 5.74) is 10.1. The second-order valence-corrected chi connectivity index (χ2v) is 7.99. The summed E-state index contributed by atoms with van der Waals surface area (Å²) in [5.74, 6) is 2.07. The molecule has 4 rings (SSSR count). The number of guanidine groups is 1. The van der Waals surface area contributed by atoms with Gasteiger partial charge in [-0.2, -0.15) is 0 Å². The highest BCUT2D eigenvalue weighted by Gasteiger charge is 2.17. The van der Waals surface area contributed by atoms with Gasteiger partial charge in [0.25, 0.3) is 0 Å². The number of aliphatic imine (C=N–C) groups is 1. The number of aryl methyl sites for hydroxylation is 2. The molecule has 6 heteroatoms. The molecule has 0 amide bonds. The highest BCUT2D eigenvalue weighted by Crippen LogP contribution is 2.36. The molecular formula is C22H24N4OS. The van der Waals surface area contributed by atoms with E-state index < -0.39 is 0 Å². The van der Waals surface area contributed by atoms with Crippen LogP contribution in [0.15, 0.2) is 52.8 Å². The lowest BCUT2D eigenvalue weighted by Crippen LogP contribution is -2.27. The molecule has 1 saturated carbocycles. The van der Waals surface area contributed by atoms with Crippen molar-refractivity contribution in [3.8, 4) is 22.8 Å². The molecule has 28 heavy (non-hydrogen) atoms. The monoisotopic (exact) mass is 392 g/mol. The number of nitrogens with two attached hydrogens (primary N) is 1. The first-order chi connectivity index (χ1) is 13.6. The summed E-state index contributed by atoms with van der Waals surface area (Å²) in [6.45, 7) is 4.13. The molecule has 0 aliphatic heterocycles. The molecule has 1 heterocycles. The maximum atomic E-state index is 6.21. The van der Waals surface area contributed by atoms with Crippen molar-refractivity contribution in [2.75, 3.05) is 5.32 Å². The zero-order chi connectivity index (χ0) is 19.5. The van der Waals surface area contributed by atoms with E-state index in [4.69, 9.17) is 10.5 Å². The van der Waals surface area contributed by atoms with Crippen LogP contribution >= 0.6 is 11.3 Å². The summed E-state index contributed by atoms with van der Waals surface area (Å²) in [6.07, 6.45) is 3.48. The number of thiazole rings is 1. The van der Waals surface area contributed by atoms with Crippen LogP contribution < -0.4 is 15.8 Å². The Bertz CT molecular complexity index is 1010. The number of hydrogen-bond donors (Lipinski definition) is 2. The predicted octanol–water partition coefficient (Wildman–Crippen LogP) is 5.50. The van der Waals surface area contributed by atoms with Gasteiger partial charge in [0.05, 0.1) is 11.7 Å². The summed E-state index contributed by atoms with van der Waals surface area (Å²) >= 11 is 1.51. The van der Waals surface area contributed by atoms with Crippen LogP contribution in [0.4, 0.5) is 5.13 Å². The first-order valence-electron chi connectivity index (χ1n) is 9.49. The molecule has 3 aromatic rings. The number of nitrogens with zero attached hydrogens (tertiary/aromatic N) is 2. The van der Waals surface area contributed by atoms with Gasteiger partial charge >= 0.3 is 0 Å². The van der Waals surface area contributed by atoms with Crippen LogP contribution in [0, 0.1) is 13.8 Å². The number of aromatic nitrogens is 1. The van der Waals surface area contributed by atoms with Crippen LogP contribution in [0.25, 0.3) is 11.3 Å². The third kappa shape index (κ3) is 4.17. The van der Waals surface area contributed by atoms with Crippen molar-refractivity contribution in [3.05, 3.63) is 59.0 Å². The highest BCUT2D eigenvalue weighted by molar-refractivity contribution is 7.14. The van der Waals surface area contributed by atoms with Gasteiger partial charge in [0.15, 0.2) is 11.1 Å². The van der Waals surface area contributed by atoms with Gasteiger partial charge < -0.3 is 15.8 Å². The van der Waals surface area contributed by atoms with Crippen LogP contribution in [0.5, 0.6) is 11.5 Å². The van der Waals surface area contributed by atoms with Crippen LogP contribution in [-0.2, 0) is 0 Å². The molecule has 1 aliphatic carbocycles. The van der Waals surface area contributed by atoms with Crippen molar-refractivity contribution in [3.63, 3.8) is 0 Å². The van der Waals surface area contributed by atoms with Crippen molar-refractivity contribution in [1.29, 1.82) is 0 Å². The number of nitrogens with one attached hydrogen (secondary N) is 1. The lowest BCUT2D eigenvalue weighted by molar-refractivity contribution is 0.420. The topological polar surface area (TPSA) is 72.5 Å². The molecule has 0 atom stereocenters. The Balaban J connectivity index is 1.55. The van der Waals surface area contributed by atoms with Crippen molar-refractivity contribution in [1.82, 2.24) is 4.98 Å². The first kappa shape index (κ1) is 18.5. The molecule has 0 radical (unpaired) electrons. The number of anilines is 1. The summed E-state index contributed by atoms with van der Waals surface area (Å²) < 4.78 is 6.21. The van der Waals surface area contributed by atoms with Crippen LogP contribution in [-0.4, -0.2) is 17.0 Å². The Hall–Kier alpha value is -2.86. The van der Waals surface area contributed by atoms with E-state index in [0.717, 1.165) is 46.3 Å². The quantitative estimate of drug-likeness (QED) is 0.444. The smallest absolute Gasteiger partial charge is 0.195 e. The second-order valence-electron chi connectivity index (χ2n) is 7.13. The normalized spacial score (nSPS) is 14.6. The minimum Gasteiger partial charge on any atom is -0.456 e. The molecule has 0 unspecified atom stereocenters. The van der Waals surface area contributed by atoms with Crippen molar-refractivity contribution >= 4 is 22.4 Å². The maximum Gasteiger partial charge on any atom is 0.195 e. The van der Waals surface area contributed by atoms with Crippen LogP contribution in [0.3, 0.4) is 0 Å². The molecule has 1 aromatic heterocycles. The fraction of sp³-hybridized carbons (Fsp3) is 0.273. The van der Waals surface area contributed by atoms with Gasteiger partial charge in [-0.15, -0.1) is 11.3 Å². The number of benzene rings is 2. The standard InChI is InChI=1S/C22H24N4OS/c1-14-10-11-19(15(2)12-14)27-20-9-4-3-8-17(20)18-13-28-22(25-18)26-21(23)24-16-6-5-7-16/h3-4,8-13,16H,5-7H2,1-2H3,(H3,23,24,25,26). The SMILES string of the molecule is Cc1ccc(Oc2ccccc2-c2csc(NC(N)=NC3CCC3)n2)c(C)c1. The summed E-state index contributed by atoms with van der Waals surface area (Å²) in [7, 11) is 0. The maximum absolute atomic E-state index is 6.21. The average molecular weight is 393 g/mol. The van der Waals surface area contributed by atoms with E-state index in [1.54, 1.807) is 0 Å². The number of hydrogen-bond acceptors (Lipinski definition) is 4. The van der Waals surface area contributed by atoms with E-state index in [2.05, 4.69) is 41.3 Å². The zero-order valence-electron chi connectivity index (χ0n) is 16.1. The van der Waals surface area contributed by atoms with E-state index >= 15 is 0 Å². The Kier molecular flexibility index (Phi) is 5.30. The molecule has 1 fully saturated rings. The summed E-state index contributed by atoms with van der Waals surface area (Å²) in [6, 6.07) is 14.5. The Morgan fingerprint density at radius 2 is 2.00 bits per heavy atom. The minimum atomic E-state index is 0.360. The van der Waals surface area contributed by atoms with Crippen molar-refractivity contribution in [2.24, 2.45) is 10.7 Å². The van der Waals surface area contributed by atoms with E-state index in [1.165, 1.54) is 23.3 Å². The van der Waals surface area contributed by atoms with Crippen molar-refractivity contribution < 1.29 is 4.74 Å². The average Bonchev–Trinajstić information content (AvgIpc) is 3.09. The lowest BCUT2D eigenvalue weighted by atomic mass is 9.94.